The summed E-state index contributed by atoms with van der Waals surface area (Å²) in [5, 5.41) is 19.5. The Bertz CT molecular complexity index is 476. The second-order valence-corrected chi connectivity index (χ2v) is 3.38. The molecule has 0 spiro atoms. The minimum Gasteiger partial charge on any atom is -0.481 e. The summed E-state index contributed by atoms with van der Waals surface area (Å²) in [6.07, 6.45) is -0.000926. The fourth-order valence-corrected chi connectivity index (χ4v) is 1.57. The van der Waals surface area contributed by atoms with Gasteiger partial charge in [0.25, 0.3) is 0 Å². The average molecular weight is 245 g/mol. The van der Waals surface area contributed by atoms with E-state index in [-0.39, 0.29) is 6.42 Å². The lowest BCUT2D eigenvalue weighted by molar-refractivity contribution is -0.388. The summed E-state index contributed by atoms with van der Waals surface area (Å²) in [7, 11) is 0. The Morgan fingerprint density at radius 2 is 2.12 bits per heavy atom. The zero-order valence-corrected chi connectivity index (χ0v) is 8.81. The van der Waals surface area contributed by atoms with Crippen LogP contribution in [0.25, 0.3) is 0 Å². The van der Waals surface area contributed by atoms with Crippen molar-refractivity contribution in [1.29, 1.82) is 0 Å². The largest absolute Gasteiger partial charge is 0.481 e. The second-order valence-electron chi connectivity index (χ2n) is 3.38. The number of carbonyl (C=O) groups is 1. The molecule has 1 aromatic rings. The number of aliphatic carboxylic acids is 1. The Kier molecular flexibility index (Phi) is 3.72. The van der Waals surface area contributed by atoms with Crippen molar-refractivity contribution in [2.45, 2.75) is 19.3 Å². The van der Waals surface area contributed by atoms with Gasteiger partial charge in [0.15, 0.2) is 0 Å². The highest BCUT2D eigenvalue weighted by Gasteiger charge is 2.30. The van der Waals surface area contributed by atoms with Crippen LogP contribution < -0.4 is 0 Å². The number of nitro groups is 1. The molecule has 0 aromatic heterocycles. The third-order valence-electron chi connectivity index (χ3n) is 2.32. The molecule has 0 amide bonds. The maximum Gasteiger partial charge on any atom is 0.311 e. The van der Waals surface area contributed by atoms with Crippen LogP contribution in [0.2, 0.25) is 0 Å². The van der Waals surface area contributed by atoms with E-state index < -0.39 is 39.7 Å². The molecule has 0 heterocycles. The van der Waals surface area contributed by atoms with E-state index in [0.717, 1.165) is 0 Å². The highest BCUT2D eigenvalue weighted by Crippen LogP contribution is 2.32. The number of carboxylic acids is 1. The first-order valence-corrected chi connectivity index (χ1v) is 4.74. The van der Waals surface area contributed by atoms with E-state index >= 15 is 0 Å². The van der Waals surface area contributed by atoms with Gasteiger partial charge in [-0.1, -0.05) is 6.92 Å². The van der Waals surface area contributed by atoms with Crippen molar-refractivity contribution in [1.82, 2.24) is 0 Å². The molecular formula is C10H9F2NO4. The van der Waals surface area contributed by atoms with Gasteiger partial charge < -0.3 is 5.11 Å². The molecule has 1 rings (SSSR count). The van der Waals surface area contributed by atoms with E-state index in [9.17, 15) is 23.7 Å². The van der Waals surface area contributed by atoms with Gasteiger partial charge in [0.1, 0.15) is 5.82 Å². The molecule has 0 radical (unpaired) electrons. The predicted octanol–water partition coefficient (Wildman–Crippen LogP) is 2.45. The van der Waals surface area contributed by atoms with E-state index in [4.69, 9.17) is 5.11 Å². The van der Waals surface area contributed by atoms with E-state index in [2.05, 4.69) is 0 Å². The molecule has 1 aromatic carbocycles. The summed E-state index contributed by atoms with van der Waals surface area (Å²) in [6.45, 7) is 1.46. The number of nitro benzene ring substituents is 1. The van der Waals surface area contributed by atoms with Crippen molar-refractivity contribution < 1.29 is 23.6 Å². The molecule has 7 heteroatoms. The molecule has 1 N–H and O–H groups in total. The van der Waals surface area contributed by atoms with Crippen LogP contribution >= 0.6 is 0 Å². The first-order chi connectivity index (χ1) is 7.88. The van der Waals surface area contributed by atoms with Gasteiger partial charge in [-0.25, -0.2) is 4.39 Å². The van der Waals surface area contributed by atoms with Gasteiger partial charge in [-0.15, -0.1) is 0 Å². The van der Waals surface area contributed by atoms with Crippen LogP contribution in [0.1, 0.15) is 24.8 Å². The third kappa shape index (κ3) is 2.55. The first-order valence-electron chi connectivity index (χ1n) is 4.74. The van der Waals surface area contributed by atoms with Crippen molar-refractivity contribution in [3.63, 3.8) is 0 Å². The molecule has 0 saturated carbocycles. The molecule has 5 nitrogen and oxygen atoms in total. The second kappa shape index (κ2) is 4.86. The van der Waals surface area contributed by atoms with Gasteiger partial charge in [0.05, 0.1) is 16.4 Å². The Morgan fingerprint density at radius 1 is 1.53 bits per heavy atom. The van der Waals surface area contributed by atoms with Crippen LogP contribution in [0.15, 0.2) is 12.1 Å². The predicted molar refractivity (Wildman–Crippen MR) is 53.7 cm³/mol. The van der Waals surface area contributed by atoms with Gasteiger partial charge in [-0.05, 0) is 12.5 Å². The van der Waals surface area contributed by atoms with E-state index in [1.54, 1.807) is 0 Å². The van der Waals surface area contributed by atoms with Crippen molar-refractivity contribution in [2.24, 2.45) is 0 Å². The summed E-state index contributed by atoms with van der Waals surface area (Å²) in [5.74, 6) is -5.08. The number of benzene rings is 1. The zero-order valence-electron chi connectivity index (χ0n) is 8.81. The molecule has 0 fully saturated rings. The lowest BCUT2D eigenvalue weighted by Crippen LogP contribution is -2.13. The number of rotatable bonds is 4. The van der Waals surface area contributed by atoms with Crippen LogP contribution in [-0.2, 0) is 4.79 Å². The number of halogens is 2. The van der Waals surface area contributed by atoms with Gasteiger partial charge >= 0.3 is 11.7 Å². The summed E-state index contributed by atoms with van der Waals surface area (Å²) in [4.78, 5) is 20.5. The monoisotopic (exact) mass is 245 g/mol. The maximum atomic E-state index is 13.2. The minimum absolute atomic E-state index is 0.000926. The Hall–Kier alpha value is -2.05. The highest BCUT2D eigenvalue weighted by atomic mass is 19.1. The zero-order chi connectivity index (χ0) is 13.2. The molecule has 0 aliphatic rings. The van der Waals surface area contributed by atoms with Gasteiger partial charge in [0, 0.05) is 6.07 Å². The standard InChI is InChI=1S/C10H9F2NO4/c1-2-6(10(14)15)7-3-5(11)4-8(12)9(7)13(16)17/h3-4,6H,2H2,1H3,(H,14,15). The van der Waals surface area contributed by atoms with Crippen LogP contribution in [-0.4, -0.2) is 16.0 Å². The van der Waals surface area contributed by atoms with E-state index in [1.165, 1.54) is 6.92 Å². The topological polar surface area (TPSA) is 80.4 Å². The molecule has 17 heavy (non-hydrogen) atoms. The fraction of sp³-hybridized carbons (Fsp3) is 0.300. The first kappa shape index (κ1) is 13.0. The minimum atomic E-state index is -1.37. The van der Waals surface area contributed by atoms with Crippen LogP contribution in [0.3, 0.4) is 0 Å². The average Bonchev–Trinajstić information content (AvgIpc) is 2.15. The molecule has 92 valence electrons. The third-order valence-corrected chi connectivity index (χ3v) is 2.32. The molecule has 0 bridgehead atoms. The fourth-order valence-electron chi connectivity index (χ4n) is 1.57. The summed E-state index contributed by atoms with van der Waals surface area (Å²) < 4.78 is 26.2. The van der Waals surface area contributed by atoms with Crippen LogP contribution in [0.5, 0.6) is 0 Å². The van der Waals surface area contributed by atoms with Gasteiger partial charge in [0.2, 0.25) is 5.82 Å². The number of nitrogens with zero attached hydrogens (tertiary/aromatic N) is 1. The molecule has 1 unspecified atom stereocenters. The Labute approximate surface area is 94.8 Å². The summed E-state index contributed by atoms with van der Waals surface area (Å²) in [6, 6.07) is 1.04. The summed E-state index contributed by atoms with van der Waals surface area (Å²) in [5.41, 5.74) is -1.44. The van der Waals surface area contributed by atoms with E-state index in [0.29, 0.717) is 12.1 Å². The van der Waals surface area contributed by atoms with Crippen molar-refractivity contribution in [3.8, 4) is 0 Å². The molecule has 0 aliphatic heterocycles. The van der Waals surface area contributed by atoms with Crippen LogP contribution in [0.4, 0.5) is 14.5 Å². The summed E-state index contributed by atoms with van der Waals surface area (Å²) >= 11 is 0. The van der Waals surface area contributed by atoms with Gasteiger partial charge in [-0.3, -0.25) is 14.9 Å². The maximum absolute atomic E-state index is 13.2. The van der Waals surface area contributed by atoms with Crippen molar-refractivity contribution in [3.05, 3.63) is 39.4 Å². The lowest BCUT2D eigenvalue weighted by Gasteiger charge is -2.10. The number of carboxylic acid groups (broad SMARTS) is 1. The SMILES string of the molecule is CCC(C(=O)O)c1cc(F)cc(F)c1[N+](=O)[O-]. The van der Waals surface area contributed by atoms with Crippen molar-refractivity contribution in [2.75, 3.05) is 0 Å². The molecule has 1 atom stereocenters. The molecule has 0 saturated heterocycles. The van der Waals surface area contributed by atoms with Gasteiger partial charge in [-0.2, -0.15) is 4.39 Å². The number of hydrogen-bond acceptors (Lipinski definition) is 3. The smallest absolute Gasteiger partial charge is 0.311 e. The highest BCUT2D eigenvalue weighted by molar-refractivity contribution is 5.77. The van der Waals surface area contributed by atoms with E-state index in [1.807, 2.05) is 0 Å². The Balaban J connectivity index is 3.49. The Morgan fingerprint density at radius 3 is 2.53 bits per heavy atom. The lowest BCUT2D eigenvalue weighted by atomic mass is 9.94. The number of hydrogen-bond donors (Lipinski definition) is 1. The normalized spacial score (nSPS) is 12.2. The van der Waals surface area contributed by atoms with Crippen LogP contribution in [0, 0.1) is 21.7 Å². The van der Waals surface area contributed by atoms with Crippen molar-refractivity contribution >= 4 is 11.7 Å². The molecule has 0 aliphatic carbocycles. The molecular weight excluding hydrogens is 236 g/mol. The quantitative estimate of drug-likeness (QED) is 0.652.